The Kier molecular flexibility index (Phi) is 5.12. The minimum Gasteiger partial charge on any atom is -0.319 e. The number of carbonyl (C=O) groups is 3. The number of halogens is 3. The molecule has 6 nitrogen and oxygen atoms in total. The predicted molar refractivity (Wildman–Crippen MR) is 121 cm³/mol. The standard InChI is InChI=1S/C26H22F3N3O3/c1-15-12-20(16(2)32(15)19-8-5-7-18(13-19)26(27,28)29)22(33)14-31-23(34)25(30-24(31)35)11-10-17-6-3-4-9-21(17)25/h3-9,12-13H,10-11,14H2,1-2H3,(H,30,35). The number of Topliss-reactive ketones (excluding diaryl/α,β-unsaturated/α-hetero) is 1. The molecule has 1 aliphatic carbocycles. The molecule has 1 atom stereocenters. The zero-order valence-corrected chi connectivity index (χ0v) is 19.1. The number of nitrogens with zero attached hydrogens (tertiary/aromatic N) is 2. The van der Waals surface area contributed by atoms with Gasteiger partial charge in [-0.25, -0.2) is 4.79 Å². The van der Waals surface area contributed by atoms with E-state index in [0.29, 0.717) is 24.2 Å². The molecule has 1 aliphatic heterocycles. The van der Waals surface area contributed by atoms with E-state index in [2.05, 4.69) is 5.32 Å². The maximum Gasteiger partial charge on any atom is 0.416 e. The highest BCUT2D eigenvalue weighted by atomic mass is 19.4. The van der Waals surface area contributed by atoms with Crippen LogP contribution in [0.15, 0.2) is 54.6 Å². The molecular formula is C26H22F3N3O3. The minimum absolute atomic E-state index is 0.244. The van der Waals surface area contributed by atoms with Crippen LogP contribution in [0.3, 0.4) is 0 Å². The second-order valence-corrected chi connectivity index (χ2v) is 8.98. The molecule has 2 aromatic carbocycles. The third kappa shape index (κ3) is 3.53. The number of ketones is 1. The summed E-state index contributed by atoms with van der Waals surface area (Å²) in [5.74, 6) is -0.935. The topological polar surface area (TPSA) is 71.4 Å². The highest BCUT2D eigenvalue weighted by Crippen LogP contribution is 2.41. The van der Waals surface area contributed by atoms with Gasteiger partial charge in [0.25, 0.3) is 5.91 Å². The lowest BCUT2D eigenvalue weighted by atomic mass is 9.92. The van der Waals surface area contributed by atoms with Crippen LogP contribution in [0.2, 0.25) is 0 Å². The number of fused-ring (bicyclic) bond motifs is 2. The van der Waals surface area contributed by atoms with Crippen LogP contribution in [0, 0.1) is 13.8 Å². The van der Waals surface area contributed by atoms with E-state index in [1.165, 1.54) is 12.1 Å². The summed E-state index contributed by atoms with van der Waals surface area (Å²) >= 11 is 0. The van der Waals surface area contributed by atoms with Crippen molar-refractivity contribution in [3.05, 3.63) is 88.2 Å². The first-order valence-corrected chi connectivity index (χ1v) is 11.2. The first-order chi connectivity index (χ1) is 16.5. The van der Waals surface area contributed by atoms with Crippen molar-refractivity contribution in [2.24, 2.45) is 0 Å². The molecule has 1 spiro atoms. The van der Waals surface area contributed by atoms with Gasteiger partial charge in [0.2, 0.25) is 0 Å². The van der Waals surface area contributed by atoms with Gasteiger partial charge in [-0.2, -0.15) is 13.2 Å². The van der Waals surface area contributed by atoms with Crippen molar-refractivity contribution < 1.29 is 27.6 Å². The summed E-state index contributed by atoms with van der Waals surface area (Å²) < 4.78 is 41.2. The summed E-state index contributed by atoms with van der Waals surface area (Å²) in [7, 11) is 0. The largest absolute Gasteiger partial charge is 0.416 e. The van der Waals surface area contributed by atoms with Crippen LogP contribution < -0.4 is 5.32 Å². The van der Waals surface area contributed by atoms with Crippen LogP contribution in [-0.2, 0) is 22.9 Å². The molecule has 2 heterocycles. The number of aromatic nitrogens is 1. The Bertz CT molecular complexity index is 1390. The first kappa shape index (κ1) is 22.9. The van der Waals surface area contributed by atoms with Gasteiger partial charge in [-0.3, -0.25) is 14.5 Å². The number of benzene rings is 2. The zero-order chi connectivity index (χ0) is 25.1. The summed E-state index contributed by atoms with van der Waals surface area (Å²) in [6.07, 6.45) is -3.43. The van der Waals surface area contributed by atoms with Gasteiger partial charge in [-0.1, -0.05) is 30.3 Å². The second kappa shape index (κ2) is 7.83. The first-order valence-electron chi connectivity index (χ1n) is 11.2. The Balaban J connectivity index is 1.43. The number of carbonyl (C=O) groups excluding carboxylic acids is 3. The lowest BCUT2D eigenvalue weighted by Gasteiger charge is -2.22. The van der Waals surface area contributed by atoms with Crippen molar-refractivity contribution in [3.63, 3.8) is 0 Å². The van der Waals surface area contributed by atoms with Crippen LogP contribution in [0.4, 0.5) is 18.0 Å². The predicted octanol–water partition coefficient (Wildman–Crippen LogP) is 4.69. The van der Waals surface area contributed by atoms with Crippen molar-refractivity contribution in [3.8, 4) is 5.69 Å². The molecule has 0 radical (unpaired) electrons. The van der Waals surface area contributed by atoms with E-state index >= 15 is 0 Å². The molecule has 1 aromatic heterocycles. The van der Waals surface area contributed by atoms with Gasteiger partial charge in [0.05, 0.1) is 12.1 Å². The monoisotopic (exact) mass is 481 g/mol. The van der Waals surface area contributed by atoms with E-state index in [1.807, 2.05) is 24.3 Å². The number of nitrogens with one attached hydrogen (secondary N) is 1. The molecule has 1 N–H and O–H groups in total. The van der Waals surface area contributed by atoms with Crippen molar-refractivity contribution >= 4 is 17.7 Å². The fourth-order valence-corrected chi connectivity index (χ4v) is 5.23. The van der Waals surface area contributed by atoms with Gasteiger partial charge in [0, 0.05) is 22.6 Å². The van der Waals surface area contributed by atoms with E-state index in [-0.39, 0.29) is 11.3 Å². The van der Waals surface area contributed by atoms with Gasteiger partial charge >= 0.3 is 12.2 Å². The number of aryl methyl sites for hydroxylation is 2. The molecule has 2 aliphatic rings. The maximum atomic E-state index is 13.4. The van der Waals surface area contributed by atoms with E-state index in [0.717, 1.165) is 28.2 Å². The summed E-state index contributed by atoms with van der Waals surface area (Å²) in [6.45, 7) is 2.85. The molecule has 180 valence electrons. The normalized spacial score (nSPS) is 19.4. The summed E-state index contributed by atoms with van der Waals surface area (Å²) in [4.78, 5) is 40.3. The average Bonchev–Trinajstić information content (AvgIpc) is 3.41. The van der Waals surface area contributed by atoms with Crippen molar-refractivity contribution in [2.75, 3.05) is 6.54 Å². The number of hydrogen-bond acceptors (Lipinski definition) is 3. The summed E-state index contributed by atoms with van der Waals surface area (Å²) in [5, 5.41) is 2.79. The molecule has 0 saturated carbocycles. The highest BCUT2D eigenvalue weighted by Gasteiger charge is 2.55. The Morgan fingerprint density at radius 2 is 1.80 bits per heavy atom. The van der Waals surface area contributed by atoms with Crippen molar-refractivity contribution in [1.82, 2.24) is 14.8 Å². The SMILES string of the molecule is Cc1cc(C(=O)CN2C(=O)NC3(CCc4ccccc43)C2=O)c(C)n1-c1cccc(C(F)(F)F)c1. The van der Waals surface area contributed by atoms with Crippen LogP contribution in [0.5, 0.6) is 0 Å². The Labute approximate surface area is 199 Å². The maximum absolute atomic E-state index is 13.4. The third-order valence-electron chi connectivity index (χ3n) is 6.89. The lowest BCUT2D eigenvalue weighted by molar-refractivity contribution is -0.137. The number of imide groups is 1. The smallest absolute Gasteiger partial charge is 0.319 e. The molecule has 9 heteroatoms. The Hall–Kier alpha value is -3.88. The fraction of sp³-hybridized carbons (Fsp3) is 0.269. The van der Waals surface area contributed by atoms with Crippen LogP contribution >= 0.6 is 0 Å². The summed E-state index contributed by atoms with van der Waals surface area (Å²) in [5.41, 5.74) is 1.27. The zero-order valence-electron chi connectivity index (χ0n) is 19.1. The summed E-state index contributed by atoms with van der Waals surface area (Å²) in [6, 6.07) is 13.2. The van der Waals surface area contributed by atoms with Gasteiger partial charge in [-0.15, -0.1) is 0 Å². The van der Waals surface area contributed by atoms with Crippen LogP contribution in [-0.4, -0.2) is 33.7 Å². The van der Waals surface area contributed by atoms with E-state index in [4.69, 9.17) is 0 Å². The number of rotatable bonds is 4. The molecule has 3 aromatic rings. The molecule has 1 saturated heterocycles. The van der Waals surface area contributed by atoms with Gasteiger partial charge < -0.3 is 9.88 Å². The number of urea groups is 1. The van der Waals surface area contributed by atoms with Gasteiger partial charge in [0.15, 0.2) is 5.78 Å². The lowest BCUT2D eigenvalue weighted by Crippen LogP contribution is -2.42. The van der Waals surface area contributed by atoms with E-state index < -0.39 is 41.5 Å². The quantitative estimate of drug-likeness (QED) is 0.434. The van der Waals surface area contributed by atoms with E-state index in [9.17, 15) is 27.6 Å². The van der Waals surface area contributed by atoms with Crippen molar-refractivity contribution in [1.29, 1.82) is 0 Å². The molecule has 35 heavy (non-hydrogen) atoms. The molecule has 3 amide bonds. The number of alkyl halides is 3. The van der Waals surface area contributed by atoms with Crippen LogP contribution in [0.25, 0.3) is 5.69 Å². The molecule has 5 rings (SSSR count). The minimum atomic E-state index is -4.50. The Morgan fingerprint density at radius 1 is 1.06 bits per heavy atom. The number of amides is 3. The highest BCUT2D eigenvalue weighted by molar-refractivity contribution is 6.12. The molecule has 0 bridgehead atoms. The average molecular weight is 481 g/mol. The fourth-order valence-electron chi connectivity index (χ4n) is 5.23. The Morgan fingerprint density at radius 3 is 2.54 bits per heavy atom. The van der Waals surface area contributed by atoms with Gasteiger partial charge in [-0.05, 0) is 62.1 Å². The third-order valence-corrected chi connectivity index (χ3v) is 6.89. The van der Waals surface area contributed by atoms with Crippen molar-refractivity contribution in [2.45, 2.75) is 38.4 Å². The van der Waals surface area contributed by atoms with Gasteiger partial charge in [0.1, 0.15) is 5.54 Å². The molecular weight excluding hydrogens is 459 g/mol. The molecule has 1 fully saturated rings. The molecule has 1 unspecified atom stereocenters. The second-order valence-electron chi connectivity index (χ2n) is 8.98. The number of hydrogen-bond donors (Lipinski definition) is 1. The van der Waals surface area contributed by atoms with E-state index in [1.54, 1.807) is 24.5 Å². The van der Waals surface area contributed by atoms with Crippen LogP contribution in [0.1, 0.15) is 44.9 Å².